The maximum Gasteiger partial charge on any atom is 0.328 e. The molecule has 2 nitrogen and oxygen atoms in total. The Hall–Kier alpha value is -2.42. The first-order chi connectivity index (χ1) is 10.1. The molecule has 21 heavy (non-hydrogen) atoms. The second-order valence-electron chi connectivity index (χ2n) is 5.01. The molecule has 2 aromatic carbocycles. The first-order valence-electron chi connectivity index (χ1n) is 6.80. The van der Waals surface area contributed by atoms with Crippen LogP contribution in [0.25, 0.3) is 11.1 Å². The van der Waals surface area contributed by atoms with Gasteiger partial charge in [-0.15, -0.1) is 0 Å². The smallest absolute Gasteiger partial charge is 0.328 e. The lowest BCUT2D eigenvalue weighted by Crippen LogP contribution is -1.92. The molecule has 1 N–H and O–H groups in total. The molecule has 2 rings (SSSR count). The van der Waals surface area contributed by atoms with Crippen molar-refractivity contribution in [2.75, 3.05) is 0 Å². The zero-order chi connectivity index (χ0) is 15.2. The summed E-state index contributed by atoms with van der Waals surface area (Å²) in [6.07, 6.45) is 2.70. The van der Waals surface area contributed by atoms with Gasteiger partial charge in [0, 0.05) is 11.6 Å². The number of aryl methyl sites for hydroxylation is 1. The fraction of sp³-hybridized carbons (Fsp3) is 0.167. The van der Waals surface area contributed by atoms with E-state index in [9.17, 15) is 9.18 Å². The number of carboxylic acid groups (broad SMARTS) is 1. The van der Waals surface area contributed by atoms with Crippen molar-refractivity contribution >= 4 is 5.97 Å². The monoisotopic (exact) mass is 284 g/mol. The SMILES string of the molecule is C/C(=C\C(=O)O)CCc1ccc(-c2ccccc2F)cc1. The highest BCUT2D eigenvalue weighted by molar-refractivity contribution is 5.80. The first kappa shape index (κ1) is 15.0. The molecule has 3 heteroatoms. The molecule has 0 saturated carbocycles. The molecule has 0 aromatic heterocycles. The van der Waals surface area contributed by atoms with Gasteiger partial charge in [0.25, 0.3) is 0 Å². The molecular weight excluding hydrogens is 267 g/mol. The lowest BCUT2D eigenvalue weighted by molar-refractivity contribution is -0.131. The van der Waals surface area contributed by atoms with Crippen LogP contribution < -0.4 is 0 Å². The Bertz CT molecular complexity index is 657. The standard InChI is InChI=1S/C18H17FO2/c1-13(12-18(20)21)6-7-14-8-10-15(11-9-14)16-4-2-3-5-17(16)19/h2-5,8-12H,6-7H2,1H3,(H,20,21)/b13-12+. The summed E-state index contributed by atoms with van der Waals surface area (Å²) in [4.78, 5) is 10.5. The third-order valence-corrected chi connectivity index (χ3v) is 3.32. The lowest BCUT2D eigenvalue weighted by Gasteiger charge is -2.06. The van der Waals surface area contributed by atoms with Crippen LogP contribution in [0.15, 0.2) is 60.2 Å². The van der Waals surface area contributed by atoms with Crippen molar-refractivity contribution in [2.45, 2.75) is 19.8 Å². The Kier molecular flexibility index (Phi) is 4.88. The molecule has 0 aliphatic carbocycles. The van der Waals surface area contributed by atoms with E-state index in [4.69, 9.17) is 5.11 Å². The Morgan fingerprint density at radius 2 is 1.81 bits per heavy atom. The van der Waals surface area contributed by atoms with E-state index in [1.807, 2.05) is 37.3 Å². The van der Waals surface area contributed by atoms with Crippen molar-refractivity contribution in [3.8, 4) is 11.1 Å². The predicted molar refractivity (Wildman–Crippen MR) is 81.5 cm³/mol. The van der Waals surface area contributed by atoms with E-state index >= 15 is 0 Å². The quantitative estimate of drug-likeness (QED) is 0.823. The normalized spacial score (nSPS) is 11.4. The average Bonchev–Trinajstić information content (AvgIpc) is 2.46. The molecule has 0 fully saturated rings. The van der Waals surface area contributed by atoms with Gasteiger partial charge in [-0.05, 0) is 37.0 Å². The van der Waals surface area contributed by atoms with Crippen LogP contribution in [0.1, 0.15) is 18.9 Å². The van der Waals surface area contributed by atoms with Crippen LogP contribution in [0.5, 0.6) is 0 Å². The summed E-state index contributed by atoms with van der Waals surface area (Å²) in [7, 11) is 0. The average molecular weight is 284 g/mol. The van der Waals surface area contributed by atoms with Crippen LogP contribution in [0.3, 0.4) is 0 Å². The van der Waals surface area contributed by atoms with E-state index in [1.165, 1.54) is 12.1 Å². The van der Waals surface area contributed by atoms with Crippen LogP contribution in [0.4, 0.5) is 4.39 Å². The third-order valence-electron chi connectivity index (χ3n) is 3.32. The van der Waals surface area contributed by atoms with Gasteiger partial charge in [0.15, 0.2) is 0 Å². The predicted octanol–water partition coefficient (Wildman–Crippen LogP) is 4.46. The highest BCUT2D eigenvalue weighted by atomic mass is 19.1. The van der Waals surface area contributed by atoms with E-state index in [0.29, 0.717) is 12.0 Å². The zero-order valence-corrected chi connectivity index (χ0v) is 11.8. The minimum Gasteiger partial charge on any atom is -0.478 e. The summed E-state index contributed by atoms with van der Waals surface area (Å²) in [6.45, 7) is 1.81. The van der Waals surface area contributed by atoms with Gasteiger partial charge < -0.3 is 5.11 Å². The second-order valence-corrected chi connectivity index (χ2v) is 5.01. The minimum absolute atomic E-state index is 0.231. The van der Waals surface area contributed by atoms with E-state index in [0.717, 1.165) is 23.1 Å². The van der Waals surface area contributed by atoms with Gasteiger partial charge in [-0.25, -0.2) is 9.18 Å². The summed E-state index contributed by atoms with van der Waals surface area (Å²) >= 11 is 0. The fourth-order valence-electron chi connectivity index (χ4n) is 2.17. The number of rotatable bonds is 5. The molecule has 2 aromatic rings. The van der Waals surface area contributed by atoms with Gasteiger partial charge in [-0.2, -0.15) is 0 Å². The molecule has 0 aliphatic rings. The highest BCUT2D eigenvalue weighted by Crippen LogP contribution is 2.23. The van der Waals surface area contributed by atoms with E-state index in [1.54, 1.807) is 12.1 Å². The highest BCUT2D eigenvalue weighted by Gasteiger charge is 2.04. The topological polar surface area (TPSA) is 37.3 Å². The van der Waals surface area contributed by atoms with E-state index in [-0.39, 0.29) is 5.82 Å². The molecule has 0 saturated heterocycles. The molecule has 0 atom stereocenters. The Balaban J connectivity index is 2.06. The van der Waals surface area contributed by atoms with Crippen molar-refractivity contribution in [1.82, 2.24) is 0 Å². The number of halogens is 1. The van der Waals surface area contributed by atoms with Gasteiger partial charge in [0.1, 0.15) is 5.82 Å². The van der Waals surface area contributed by atoms with Crippen LogP contribution in [0.2, 0.25) is 0 Å². The molecule has 0 aliphatic heterocycles. The number of hydrogen-bond donors (Lipinski definition) is 1. The Morgan fingerprint density at radius 1 is 1.14 bits per heavy atom. The van der Waals surface area contributed by atoms with Crippen molar-refractivity contribution in [3.63, 3.8) is 0 Å². The minimum atomic E-state index is -0.914. The summed E-state index contributed by atoms with van der Waals surface area (Å²) in [5.74, 6) is -1.15. The number of carboxylic acids is 1. The molecule has 0 spiro atoms. The van der Waals surface area contributed by atoms with E-state index < -0.39 is 5.97 Å². The van der Waals surface area contributed by atoms with Gasteiger partial charge in [-0.3, -0.25) is 0 Å². The summed E-state index contributed by atoms with van der Waals surface area (Å²) < 4.78 is 13.7. The van der Waals surface area contributed by atoms with Gasteiger partial charge in [0.05, 0.1) is 0 Å². The van der Waals surface area contributed by atoms with Crippen LogP contribution in [-0.2, 0) is 11.2 Å². The molecule has 108 valence electrons. The van der Waals surface area contributed by atoms with Crippen LogP contribution in [-0.4, -0.2) is 11.1 Å². The summed E-state index contributed by atoms with van der Waals surface area (Å²) in [5, 5.41) is 8.66. The molecule has 0 bridgehead atoms. The number of benzene rings is 2. The Labute approximate surface area is 123 Å². The summed E-state index contributed by atoms with van der Waals surface area (Å²) in [6, 6.07) is 14.4. The maximum absolute atomic E-state index is 13.7. The zero-order valence-electron chi connectivity index (χ0n) is 11.8. The Morgan fingerprint density at radius 3 is 2.43 bits per heavy atom. The van der Waals surface area contributed by atoms with Crippen LogP contribution >= 0.6 is 0 Å². The summed E-state index contributed by atoms with van der Waals surface area (Å²) in [5.41, 5.74) is 3.37. The molecule has 0 amide bonds. The fourth-order valence-corrected chi connectivity index (χ4v) is 2.17. The molecule has 0 radical (unpaired) electrons. The number of allylic oxidation sites excluding steroid dienone is 1. The molecular formula is C18H17FO2. The second kappa shape index (κ2) is 6.84. The third kappa shape index (κ3) is 4.28. The largest absolute Gasteiger partial charge is 0.478 e. The van der Waals surface area contributed by atoms with Crippen LogP contribution in [0, 0.1) is 5.82 Å². The van der Waals surface area contributed by atoms with Crippen molar-refractivity contribution in [2.24, 2.45) is 0 Å². The molecule has 0 unspecified atom stereocenters. The van der Waals surface area contributed by atoms with Gasteiger partial charge >= 0.3 is 5.97 Å². The maximum atomic E-state index is 13.7. The lowest BCUT2D eigenvalue weighted by atomic mass is 10.0. The van der Waals surface area contributed by atoms with Crippen molar-refractivity contribution in [1.29, 1.82) is 0 Å². The van der Waals surface area contributed by atoms with Crippen molar-refractivity contribution in [3.05, 3.63) is 71.6 Å². The number of hydrogen-bond acceptors (Lipinski definition) is 1. The number of aliphatic carboxylic acids is 1. The molecule has 0 heterocycles. The number of carbonyl (C=O) groups is 1. The van der Waals surface area contributed by atoms with Gasteiger partial charge in [-0.1, -0.05) is 48.0 Å². The van der Waals surface area contributed by atoms with E-state index in [2.05, 4.69) is 0 Å². The van der Waals surface area contributed by atoms with Crippen molar-refractivity contribution < 1.29 is 14.3 Å². The van der Waals surface area contributed by atoms with Gasteiger partial charge in [0.2, 0.25) is 0 Å². The first-order valence-corrected chi connectivity index (χ1v) is 6.80.